The van der Waals surface area contributed by atoms with Gasteiger partial charge in [0, 0.05) is 5.69 Å². The van der Waals surface area contributed by atoms with Crippen molar-refractivity contribution in [3.8, 4) is 5.75 Å². The van der Waals surface area contributed by atoms with Crippen LogP contribution in [0.4, 0.5) is 5.69 Å². The van der Waals surface area contributed by atoms with Crippen molar-refractivity contribution in [3.63, 3.8) is 0 Å². The molecule has 0 spiro atoms. The van der Waals surface area contributed by atoms with Gasteiger partial charge in [-0.1, -0.05) is 0 Å². The van der Waals surface area contributed by atoms with Crippen molar-refractivity contribution in [3.05, 3.63) is 48.4 Å². The highest BCUT2D eigenvalue weighted by Gasteiger charge is 2.40. The van der Waals surface area contributed by atoms with Crippen LogP contribution >= 0.6 is 0 Å². The molecule has 1 aliphatic heterocycles. The Kier molecular flexibility index (Phi) is 4.58. The lowest BCUT2D eigenvalue weighted by Crippen LogP contribution is -2.91. The molecule has 3 rings (SSSR count). The maximum Gasteiger partial charge on any atom is 0.158 e. The molecule has 2 atom stereocenters. The Labute approximate surface area is 135 Å². The largest absolute Gasteiger partial charge is 0.497 e. The molecule has 6 nitrogen and oxygen atoms in total. The molecule has 0 aliphatic carbocycles. The molecular formula is C16H21N2O4S+. The lowest BCUT2D eigenvalue weighted by atomic mass is 10.1. The number of nitrogens with two attached hydrogens (primary N) is 1. The maximum absolute atomic E-state index is 12.0. The van der Waals surface area contributed by atoms with Crippen molar-refractivity contribution >= 4 is 15.5 Å². The summed E-state index contributed by atoms with van der Waals surface area (Å²) in [5, 5.41) is 5.36. The number of benzene rings is 1. The SMILES string of the molecule is COc1ccc(N[C@H]2CS(=O)(=O)C[C@H]2[NH2+]Cc2ccco2)cc1. The highest BCUT2D eigenvalue weighted by molar-refractivity contribution is 7.91. The van der Waals surface area contributed by atoms with Crippen molar-refractivity contribution in [2.24, 2.45) is 0 Å². The van der Waals surface area contributed by atoms with E-state index in [-0.39, 0.29) is 23.6 Å². The number of ether oxygens (including phenoxy) is 1. The predicted octanol–water partition coefficient (Wildman–Crippen LogP) is 0.629. The third kappa shape index (κ3) is 4.05. The van der Waals surface area contributed by atoms with Gasteiger partial charge in [0.05, 0.1) is 25.2 Å². The van der Waals surface area contributed by atoms with Crippen LogP contribution < -0.4 is 15.4 Å². The molecule has 0 amide bonds. The molecular weight excluding hydrogens is 316 g/mol. The van der Waals surface area contributed by atoms with E-state index in [4.69, 9.17) is 9.15 Å². The van der Waals surface area contributed by atoms with Crippen LogP contribution in [-0.2, 0) is 16.4 Å². The second-order valence-corrected chi connectivity index (χ2v) is 7.89. The standard InChI is InChI=1S/C16H20N2O4S/c1-21-13-6-4-12(5-7-13)18-16-11-23(19,20)10-15(16)17-9-14-3-2-8-22-14/h2-8,15-18H,9-11H2,1H3/p+1/t15-,16+/m1/s1. The number of anilines is 1. The van der Waals surface area contributed by atoms with E-state index in [2.05, 4.69) is 5.32 Å². The monoisotopic (exact) mass is 337 g/mol. The van der Waals surface area contributed by atoms with Crippen LogP contribution in [0, 0.1) is 0 Å². The second-order valence-electron chi connectivity index (χ2n) is 5.74. The predicted molar refractivity (Wildman–Crippen MR) is 87.2 cm³/mol. The minimum Gasteiger partial charge on any atom is -0.497 e. The van der Waals surface area contributed by atoms with Crippen molar-refractivity contribution in [2.45, 2.75) is 18.6 Å². The Morgan fingerprint density at radius 1 is 1.26 bits per heavy atom. The van der Waals surface area contributed by atoms with Crippen molar-refractivity contribution in [2.75, 3.05) is 23.9 Å². The number of furan rings is 1. The zero-order valence-corrected chi connectivity index (χ0v) is 13.8. The Morgan fingerprint density at radius 2 is 2.04 bits per heavy atom. The number of rotatable bonds is 6. The van der Waals surface area contributed by atoms with E-state index in [1.165, 1.54) is 0 Å². The average molecular weight is 337 g/mol. The molecule has 0 unspecified atom stereocenters. The lowest BCUT2D eigenvalue weighted by Gasteiger charge is -2.19. The van der Waals surface area contributed by atoms with Crippen molar-refractivity contribution in [1.29, 1.82) is 0 Å². The summed E-state index contributed by atoms with van der Waals surface area (Å²) in [4.78, 5) is 0. The van der Waals surface area contributed by atoms with E-state index in [1.54, 1.807) is 13.4 Å². The van der Waals surface area contributed by atoms with Crippen LogP contribution in [0.15, 0.2) is 47.1 Å². The molecule has 2 aromatic rings. The van der Waals surface area contributed by atoms with Gasteiger partial charge in [-0.2, -0.15) is 0 Å². The Hall–Kier alpha value is -1.99. The fourth-order valence-electron chi connectivity index (χ4n) is 2.85. The zero-order valence-electron chi connectivity index (χ0n) is 12.9. The average Bonchev–Trinajstić information content (AvgIpc) is 3.13. The second kappa shape index (κ2) is 6.64. The molecule has 124 valence electrons. The summed E-state index contributed by atoms with van der Waals surface area (Å²) in [6.07, 6.45) is 1.63. The summed E-state index contributed by atoms with van der Waals surface area (Å²) in [5.41, 5.74) is 0.893. The van der Waals surface area contributed by atoms with Gasteiger partial charge in [0.1, 0.15) is 24.1 Å². The maximum atomic E-state index is 12.0. The van der Waals surface area contributed by atoms with Crippen LogP contribution in [0.5, 0.6) is 5.75 Å². The molecule has 7 heteroatoms. The quantitative estimate of drug-likeness (QED) is 0.808. The first-order valence-electron chi connectivity index (χ1n) is 7.52. The molecule has 1 saturated heterocycles. The minimum absolute atomic E-state index is 0.0350. The highest BCUT2D eigenvalue weighted by atomic mass is 32.2. The number of sulfone groups is 1. The third-order valence-electron chi connectivity index (χ3n) is 4.04. The molecule has 3 N–H and O–H groups in total. The van der Waals surface area contributed by atoms with Crippen LogP contribution in [0.25, 0.3) is 0 Å². The Morgan fingerprint density at radius 3 is 2.70 bits per heavy atom. The number of hydrogen-bond donors (Lipinski definition) is 2. The normalized spacial score (nSPS) is 22.8. The number of nitrogens with one attached hydrogen (secondary N) is 1. The third-order valence-corrected chi connectivity index (χ3v) is 5.80. The summed E-state index contributed by atoms with van der Waals surface area (Å²) in [7, 11) is -1.40. The first kappa shape index (κ1) is 15.9. The fourth-order valence-corrected chi connectivity index (χ4v) is 4.82. The molecule has 1 aromatic heterocycles. The fraction of sp³-hybridized carbons (Fsp3) is 0.375. The van der Waals surface area contributed by atoms with E-state index >= 15 is 0 Å². The number of hydrogen-bond acceptors (Lipinski definition) is 5. The first-order chi connectivity index (χ1) is 11.1. The van der Waals surface area contributed by atoms with Gasteiger partial charge in [-0.25, -0.2) is 8.42 Å². The van der Waals surface area contributed by atoms with Crippen molar-refractivity contribution in [1.82, 2.24) is 0 Å². The van der Waals surface area contributed by atoms with Gasteiger partial charge in [0.2, 0.25) is 0 Å². The first-order valence-corrected chi connectivity index (χ1v) is 9.34. The van der Waals surface area contributed by atoms with Crippen LogP contribution in [0.3, 0.4) is 0 Å². The summed E-state index contributed by atoms with van der Waals surface area (Å²) >= 11 is 0. The summed E-state index contributed by atoms with van der Waals surface area (Å²) in [6, 6.07) is 11.1. The van der Waals surface area contributed by atoms with E-state index < -0.39 is 9.84 Å². The summed E-state index contributed by atoms with van der Waals surface area (Å²) < 4.78 is 34.4. The molecule has 2 heterocycles. The van der Waals surface area contributed by atoms with Crippen LogP contribution in [0.2, 0.25) is 0 Å². The van der Waals surface area contributed by atoms with Crippen LogP contribution in [0.1, 0.15) is 5.76 Å². The van der Waals surface area contributed by atoms with E-state index in [1.807, 2.05) is 41.7 Å². The topological polar surface area (TPSA) is 85.1 Å². The molecule has 23 heavy (non-hydrogen) atoms. The van der Waals surface area contributed by atoms with Crippen LogP contribution in [-0.4, -0.2) is 39.1 Å². The molecule has 0 saturated carbocycles. The van der Waals surface area contributed by atoms with Gasteiger partial charge in [-0.3, -0.25) is 0 Å². The summed E-state index contributed by atoms with van der Waals surface area (Å²) in [6.45, 7) is 0.633. The van der Waals surface area contributed by atoms with Gasteiger partial charge in [0.15, 0.2) is 15.6 Å². The van der Waals surface area contributed by atoms with Gasteiger partial charge in [-0.05, 0) is 36.4 Å². The summed E-state index contributed by atoms with van der Waals surface area (Å²) in [5.74, 6) is 1.95. The van der Waals surface area contributed by atoms with Gasteiger partial charge >= 0.3 is 0 Å². The molecule has 0 bridgehead atoms. The Bertz CT molecular complexity index is 726. The smallest absolute Gasteiger partial charge is 0.158 e. The Balaban J connectivity index is 1.66. The lowest BCUT2D eigenvalue weighted by molar-refractivity contribution is -0.701. The van der Waals surface area contributed by atoms with Gasteiger partial charge in [0.25, 0.3) is 0 Å². The molecule has 1 aliphatic rings. The number of methoxy groups -OCH3 is 1. The highest BCUT2D eigenvalue weighted by Crippen LogP contribution is 2.19. The molecule has 1 fully saturated rings. The van der Waals surface area contributed by atoms with Crippen molar-refractivity contribution < 1.29 is 22.9 Å². The van der Waals surface area contributed by atoms with E-state index in [9.17, 15) is 8.42 Å². The minimum atomic E-state index is -3.02. The van der Waals surface area contributed by atoms with E-state index in [0.29, 0.717) is 6.54 Å². The molecule has 0 radical (unpaired) electrons. The molecule has 1 aromatic carbocycles. The number of quaternary nitrogens is 1. The van der Waals surface area contributed by atoms with Gasteiger partial charge in [-0.15, -0.1) is 0 Å². The van der Waals surface area contributed by atoms with Gasteiger partial charge < -0.3 is 19.8 Å². The zero-order chi connectivity index (χ0) is 16.3. The van der Waals surface area contributed by atoms with E-state index in [0.717, 1.165) is 17.2 Å².